The van der Waals surface area contributed by atoms with Crippen LogP contribution in [0.2, 0.25) is 0 Å². The van der Waals surface area contributed by atoms with Crippen molar-refractivity contribution in [3.05, 3.63) is 112 Å². The van der Waals surface area contributed by atoms with Crippen molar-refractivity contribution in [1.82, 2.24) is 0 Å². The van der Waals surface area contributed by atoms with Crippen LogP contribution in [0.15, 0.2) is 89.3 Å². The van der Waals surface area contributed by atoms with Gasteiger partial charge >= 0.3 is 0 Å². The van der Waals surface area contributed by atoms with Gasteiger partial charge in [0.05, 0.1) is 10.5 Å². The number of nitrogens with one attached hydrogen (secondary N) is 2. The second kappa shape index (κ2) is 9.87. The van der Waals surface area contributed by atoms with Crippen molar-refractivity contribution in [2.45, 2.75) is 26.2 Å². The van der Waals surface area contributed by atoms with E-state index in [1.807, 2.05) is 12.1 Å². The molecule has 4 aromatic rings. The van der Waals surface area contributed by atoms with Crippen LogP contribution < -0.4 is 10.6 Å². The molecule has 0 saturated carbocycles. The van der Waals surface area contributed by atoms with Crippen molar-refractivity contribution >= 4 is 28.9 Å². The van der Waals surface area contributed by atoms with E-state index in [1.54, 1.807) is 54.6 Å². The fourth-order valence-corrected chi connectivity index (χ4v) is 3.64. The molecule has 0 atom stereocenters. The van der Waals surface area contributed by atoms with Crippen molar-refractivity contribution in [1.29, 1.82) is 0 Å². The first-order chi connectivity index (χ1) is 17.1. The molecule has 2 N–H and O–H groups in total. The first-order valence-corrected chi connectivity index (χ1v) is 11.3. The fraction of sp³-hybridized carbons (Fsp3) is 0.143. The number of amides is 2. The highest BCUT2D eigenvalue weighted by Crippen LogP contribution is 2.31. The zero-order chi connectivity index (χ0) is 25.9. The predicted molar refractivity (Wildman–Crippen MR) is 138 cm³/mol. The molecule has 8 heteroatoms. The minimum atomic E-state index is -0.527. The summed E-state index contributed by atoms with van der Waals surface area (Å²) in [6.07, 6.45) is 0. The van der Waals surface area contributed by atoms with E-state index in [4.69, 9.17) is 4.42 Å². The van der Waals surface area contributed by atoms with Crippen LogP contribution in [0.5, 0.6) is 0 Å². The van der Waals surface area contributed by atoms with Gasteiger partial charge in [0, 0.05) is 23.0 Å². The van der Waals surface area contributed by atoms with Gasteiger partial charge in [-0.2, -0.15) is 0 Å². The fourth-order valence-electron chi connectivity index (χ4n) is 3.64. The van der Waals surface area contributed by atoms with Gasteiger partial charge in [-0.1, -0.05) is 51.1 Å². The average Bonchev–Trinajstić information content (AvgIpc) is 3.34. The molecule has 36 heavy (non-hydrogen) atoms. The Morgan fingerprint density at radius 3 is 2.08 bits per heavy atom. The van der Waals surface area contributed by atoms with Gasteiger partial charge in [0.1, 0.15) is 5.76 Å². The van der Waals surface area contributed by atoms with Gasteiger partial charge in [0.25, 0.3) is 17.5 Å². The summed E-state index contributed by atoms with van der Waals surface area (Å²) in [5.41, 5.74) is 2.77. The number of anilines is 2. The van der Waals surface area contributed by atoms with Crippen LogP contribution >= 0.6 is 0 Å². The minimum absolute atomic E-state index is 0.00322. The molecule has 182 valence electrons. The van der Waals surface area contributed by atoms with E-state index in [-0.39, 0.29) is 34.1 Å². The van der Waals surface area contributed by atoms with Crippen LogP contribution in [0, 0.1) is 10.1 Å². The lowest BCUT2D eigenvalue weighted by molar-refractivity contribution is -0.384. The minimum Gasteiger partial charge on any atom is -0.451 e. The zero-order valence-electron chi connectivity index (χ0n) is 20.1. The Hall–Kier alpha value is -4.72. The zero-order valence-corrected chi connectivity index (χ0v) is 20.1. The summed E-state index contributed by atoms with van der Waals surface area (Å²) in [7, 11) is 0. The van der Waals surface area contributed by atoms with Crippen LogP contribution in [0.1, 0.15) is 47.2 Å². The number of carbonyl (C=O) groups is 2. The van der Waals surface area contributed by atoms with Gasteiger partial charge < -0.3 is 15.1 Å². The molecule has 0 bridgehead atoms. The third-order valence-electron chi connectivity index (χ3n) is 5.59. The van der Waals surface area contributed by atoms with Crippen molar-refractivity contribution in [2.24, 2.45) is 0 Å². The molecule has 8 nitrogen and oxygen atoms in total. The van der Waals surface area contributed by atoms with E-state index in [0.717, 1.165) is 5.56 Å². The number of hydrogen-bond donors (Lipinski definition) is 2. The van der Waals surface area contributed by atoms with Crippen LogP contribution in [0.3, 0.4) is 0 Å². The summed E-state index contributed by atoms with van der Waals surface area (Å²) in [5, 5.41) is 16.8. The molecule has 1 aromatic heterocycles. The molecule has 0 saturated heterocycles. The number of rotatable bonds is 6. The standard InChI is InChI=1S/C28H25N3O5/c1-28(2,3)19-13-11-18(12-14-19)26(32)29-20-7-6-8-21(17-20)30-27(33)25-16-15-24(36-25)22-9-4-5-10-23(22)31(34)35/h4-17H,1-3H3,(H,29,32)(H,30,33). The second-order valence-electron chi connectivity index (χ2n) is 9.25. The van der Waals surface area contributed by atoms with E-state index in [2.05, 4.69) is 31.4 Å². The maximum atomic E-state index is 12.7. The first kappa shape index (κ1) is 24.4. The summed E-state index contributed by atoms with van der Waals surface area (Å²) in [5.74, 6) is -0.581. The maximum Gasteiger partial charge on any atom is 0.291 e. The molecule has 1 heterocycles. The number of benzene rings is 3. The van der Waals surface area contributed by atoms with Gasteiger partial charge in [-0.15, -0.1) is 0 Å². The van der Waals surface area contributed by atoms with E-state index in [0.29, 0.717) is 16.9 Å². The molecule has 0 fully saturated rings. The lowest BCUT2D eigenvalue weighted by atomic mass is 9.87. The van der Waals surface area contributed by atoms with Crippen molar-refractivity contribution in [2.75, 3.05) is 10.6 Å². The number of nitro benzene ring substituents is 1. The number of nitro groups is 1. The molecular formula is C28H25N3O5. The molecule has 3 aromatic carbocycles. The van der Waals surface area contributed by atoms with Crippen LogP contribution in [-0.2, 0) is 5.41 Å². The normalized spacial score (nSPS) is 11.1. The number of furan rings is 1. The molecule has 0 aliphatic rings. The number of nitrogens with zero attached hydrogens (tertiary/aromatic N) is 1. The Morgan fingerprint density at radius 1 is 0.806 bits per heavy atom. The molecular weight excluding hydrogens is 458 g/mol. The summed E-state index contributed by atoms with van der Waals surface area (Å²) in [4.78, 5) is 36.2. The monoisotopic (exact) mass is 483 g/mol. The smallest absolute Gasteiger partial charge is 0.291 e. The van der Waals surface area contributed by atoms with Crippen LogP contribution in [-0.4, -0.2) is 16.7 Å². The van der Waals surface area contributed by atoms with E-state index in [9.17, 15) is 19.7 Å². The highest BCUT2D eigenvalue weighted by molar-refractivity contribution is 6.05. The van der Waals surface area contributed by atoms with Crippen LogP contribution in [0.4, 0.5) is 17.1 Å². The molecule has 0 aliphatic heterocycles. The Bertz CT molecular complexity index is 1430. The molecule has 0 unspecified atom stereocenters. The third kappa shape index (κ3) is 5.50. The van der Waals surface area contributed by atoms with Gasteiger partial charge in [-0.3, -0.25) is 19.7 Å². The molecule has 4 rings (SSSR count). The summed E-state index contributed by atoms with van der Waals surface area (Å²) in [6.45, 7) is 6.32. The molecule has 0 aliphatic carbocycles. The highest BCUT2D eigenvalue weighted by atomic mass is 16.6. The van der Waals surface area contributed by atoms with Crippen molar-refractivity contribution < 1.29 is 18.9 Å². The second-order valence-corrected chi connectivity index (χ2v) is 9.25. The quantitative estimate of drug-likeness (QED) is 0.235. The van der Waals surface area contributed by atoms with Crippen molar-refractivity contribution in [3.63, 3.8) is 0 Å². The number of carbonyl (C=O) groups excluding carboxylic acids is 2. The Balaban J connectivity index is 1.45. The lowest BCUT2D eigenvalue weighted by Gasteiger charge is -2.19. The van der Waals surface area contributed by atoms with Crippen molar-refractivity contribution in [3.8, 4) is 11.3 Å². The Kier molecular flexibility index (Phi) is 6.69. The third-order valence-corrected chi connectivity index (χ3v) is 5.59. The van der Waals surface area contributed by atoms with E-state index < -0.39 is 10.8 Å². The average molecular weight is 484 g/mol. The van der Waals surface area contributed by atoms with E-state index >= 15 is 0 Å². The Morgan fingerprint density at radius 2 is 1.44 bits per heavy atom. The SMILES string of the molecule is CC(C)(C)c1ccc(C(=O)Nc2cccc(NC(=O)c3ccc(-c4ccccc4[N+](=O)[O-])o3)c2)cc1. The number of hydrogen-bond acceptors (Lipinski definition) is 5. The first-order valence-electron chi connectivity index (χ1n) is 11.3. The summed E-state index contributed by atoms with van der Waals surface area (Å²) in [6, 6.07) is 23.3. The van der Waals surface area contributed by atoms with Gasteiger partial charge in [-0.05, 0) is 59.5 Å². The van der Waals surface area contributed by atoms with Crippen LogP contribution in [0.25, 0.3) is 11.3 Å². The van der Waals surface area contributed by atoms with E-state index in [1.165, 1.54) is 18.2 Å². The van der Waals surface area contributed by atoms with Gasteiger partial charge in [0.2, 0.25) is 0 Å². The maximum absolute atomic E-state index is 12.7. The molecule has 0 radical (unpaired) electrons. The predicted octanol–water partition coefficient (Wildman–Crippen LogP) is 6.66. The van der Waals surface area contributed by atoms with Gasteiger partial charge in [0.15, 0.2) is 5.76 Å². The topological polar surface area (TPSA) is 114 Å². The lowest BCUT2D eigenvalue weighted by Crippen LogP contribution is -2.15. The molecule has 0 spiro atoms. The largest absolute Gasteiger partial charge is 0.451 e. The summed E-state index contributed by atoms with van der Waals surface area (Å²) >= 11 is 0. The Labute approximate surface area is 208 Å². The highest BCUT2D eigenvalue weighted by Gasteiger charge is 2.20. The van der Waals surface area contributed by atoms with Gasteiger partial charge in [-0.25, -0.2) is 0 Å². The summed E-state index contributed by atoms with van der Waals surface area (Å²) < 4.78 is 5.59. The number of para-hydroxylation sites is 1. The molecule has 2 amide bonds.